The van der Waals surface area contributed by atoms with Crippen molar-refractivity contribution in [1.82, 2.24) is 29.6 Å². The summed E-state index contributed by atoms with van der Waals surface area (Å²) in [5, 5.41) is 10.3. The van der Waals surface area contributed by atoms with E-state index in [4.69, 9.17) is 4.74 Å². The van der Waals surface area contributed by atoms with Crippen molar-refractivity contribution in [2.75, 3.05) is 43.6 Å². The summed E-state index contributed by atoms with van der Waals surface area (Å²) in [6.07, 6.45) is 3.33. The summed E-state index contributed by atoms with van der Waals surface area (Å²) in [5.41, 5.74) is 0.436. The minimum atomic E-state index is -0.637. The van der Waals surface area contributed by atoms with Crippen molar-refractivity contribution in [2.24, 2.45) is 0 Å². The molecule has 0 spiro atoms. The molecule has 29 heavy (non-hydrogen) atoms. The summed E-state index contributed by atoms with van der Waals surface area (Å²) < 4.78 is 33.7. The second-order valence-electron chi connectivity index (χ2n) is 6.43. The van der Waals surface area contributed by atoms with Crippen LogP contribution < -0.4 is 10.6 Å². The van der Waals surface area contributed by atoms with Crippen LogP contribution in [0.15, 0.2) is 36.7 Å². The highest BCUT2D eigenvalue weighted by Crippen LogP contribution is 2.13. The van der Waals surface area contributed by atoms with Gasteiger partial charge < -0.3 is 15.4 Å². The van der Waals surface area contributed by atoms with E-state index in [-0.39, 0.29) is 12.5 Å². The Bertz CT molecular complexity index is 927. The molecule has 0 unspecified atom stereocenters. The molecule has 0 aliphatic carbocycles. The molecule has 0 saturated carbocycles. The number of ether oxygens (including phenoxy) is 1. The molecule has 0 bridgehead atoms. The number of morpholine rings is 1. The molecule has 9 nitrogen and oxygen atoms in total. The predicted molar refractivity (Wildman–Crippen MR) is 102 cm³/mol. The SMILES string of the molecule is Fc1cc(F)cc(CNc2nc(NCN3CCOCC3)nc(-n3cccn3)n2)c1. The number of rotatable bonds is 7. The molecule has 1 aliphatic rings. The first-order valence-corrected chi connectivity index (χ1v) is 9.15. The zero-order valence-electron chi connectivity index (χ0n) is 15.6. The third kappa shape index (κ3) is 5.21. The predicted octanol–water partition coefficient (Wildman–Crippen LogP) is 1.65. The van der Waals surface area contributed by atoms with E-state index in [2.05, 4.69) is 35.6 Å². The number of nitrogens with zero attached hydrogens (tertiary/aromatic N) is 6. The molecule has 4 rings (SSSR count). The summed E-state index contributed by atoms with van der Waals surface area (Å²) in [5.74, 6) is -0.322. The topological polar surface area (TPSA) is 93.0 Å². The monoisotopic (exact) mass is 402 g/mol. The number of benzene rings is 1. The molecule has 3 aromatic rings. The van der Waals surface area contributed by atoms with Gasteiger partial charge in [-0.25, -0.2) is 13.5 Å². The van der Waals surface area contributed by atoms with Crippen molar-refractivity contribution in [3.05, 3.63) is 53.9 Å². The van der Waals surface area contributed by atoms with Gasteiger partial charge in [0, 0.05) is 38.1 Å². The Morgan fingerprint density at radius 2 is 1.69 bits per heavy atom. The van der Waals surface area contributed by atoms with E-state index in [0.29, 0.717) is 37.3 Å². The van der Waals surface area contributed by atoms with E-state index in [9.17, 15) is 8.78 Å². The number of aromatic nitrogens is 5. The molecule has 0 amide bonds. The van der Waals surface area contributed by atoms with Crippen LogP contribution in [0, 0.1) is 11.6 Å². The fourth-order valence-electron chi connectivity index (χ4n) is 2.85. The van der Waals surface area contributed by atoms with Crippen LogP contribution in [0.4, 0.5) is 20.7 Å². The number of hydrogen-bond acceptors (Lipinski definition) is 8. The fraction of sp³-hybridized carbons (Fsp3) is 0.333. The normalized spacial score (nSPS) is 14.7. The lowest BCUT2D eigenvalue weighted by atomic mass is 10.2. The van der Waals surface area contributed by atoms with Gasteiger partial charge in [0.15, 0.2) is 0 Å². The van der Waals surface area contributed by atoms with Gasteiger partial charge in [-0.2, -0.15) is 20.1 Å². The molecule has 1 saturated heterocycles. The van der Waals surface area contributed by atoms with Crippen LogP contribution in [-0.4, -0.2) is 62.6 Å². The van der Waals surface area contributed by atoms with Gasteiger partial charge >= 0.3 is 0 Å². The van der Waals surface area contributed by atoms with Gasteiger partial charge in [-0.15, -0.1) is 0 Å². The number of hydrogen-bond donors (Lipinski definition) is 2. The lowest BCUT2D eigenvalue weighted by Gasteiger charge is -2.26. The summed E-state index contributed by atoms with van der Waals surface area (Å²) in [7, 11) is 0. The summed E-state index contributed by atoms with van der Waals surface area (Å²) >= 11 is 0. The number of nitrogens with one attached hydrogen (secondary N) is 2. The molecule has 152 valence electrons. The van der Waals surface area contributed by atoms with E-state index >= 15 is 0 Å². The molecule has 1 aromatic carbocycles. The van der Waals surface area contributed by atoms with Gasteiger partial charge in [0.1, 0.15) is 11.6 Å². The molecule has 3 heterocycles. The first kappa shape index (κ1) is 19.2. The van der Waals surface area contributed by atoms with E-state index < -0.39 is 11.6 Å². The quantitative estimate of drug-likeness (QED) is 0.616. The average Bonchev–Trinajstić information content (AvgIpc) is 3.26. The van der Waals surface area contributed by atoms with E-state index in [1.165, 1.54) is 16.8 Å². The van der Waals surface area contributed by atoms with Crippen molar-refractivity contribution >= 4 is 11.9 Å². The van der Waals surface area contributed by atoms with Crippen LogP contribution in [0.5, 0.6) is 0 Å². The van der Waals surface area contributed by atoms with Gasteiger partial charge in [0.25, 0.3) is 5.95 Å². The standard InChI is InChI=1S/C18H20F2N8O/c19-14-8-13(9-15(20)10-14)11-21-16-24-17(22-12-27-4-6-29-7-5-27)26-18(25-16)28-3-1-2-23-28/h1-3,8-10H,4-7,11-12H2,(H2,21,22,24,25,26). The molecular weight excluding hydrogens is 382 g/mol. The summed E-state index contributed by atoms with van der Waals surface area (Å²) in [6.45, 7) is 3.73. The maximum Gasteiger partial charge on any atom is 0.257 e. The molecule has 11 heteroatoms. The zero-order chi connectivity index (χ0) is 20.1. The number of halogens is 2. The Kier molecular flexibility index (Phi) is 5.86. The van der Waals surface area contributed by atoms with Gasteiger partial charge in [0.2, 0.25) is 11.9 Å². The highest BCUT2D eigenvalue weighted by molar-refractivity contribution is 5.38. The molecule has 0 radical (unpaired) electrons. The average molecular weight is 402 g/mol. The highest BCUT2D eigenvalue weighted by atomic mass is 19.1. The van der Waals surface area contributed by atoms with Crippen molar-refractivity contribution in [3.63, 3.8) is 0 Å². The maximum atomic E-state index is 13.4. The van der Waals surface area contributed by atoms with Crippen LogP contribution in [0.25, 0.3) is 5.95 Å². The molecule has 0 atom stereocenters. The van der Waals surface area contributed by atoms with Crippen molar-refractivity contribution < 1.29 is 13.5 Å². The van der Waals surface area contributed by atoms with Crippen LogP contribution in [0.2, 0.25) is 0 Å². The summed E-state index contributed by atoms with van der Waals surface area (Å²) in [6, 6.07) is 5.09. The smallest absolute Gasteiger partial charge is 0.257 e. The van der Waals surface area contributed by atoms with Crippen LogP contribution >= 0.6 is 0 Å². The molecular formula is C18H20F2N8O. The van der Waals surface area contributed by atoms with Crippen LogP contribution in [0.1, 0.15) is 5.56 Å². The molecule has 2 N–H and O–H groups in total. The Morgan fingerprint density at radius 3 is 2.38 bits per heavy atom. The first-order valence-electron chi connectivity index (χ1n) is 9.15. The third-order valence-electron chi connectivity index (χ3n) is 4.27. The lowest BCUT2D eigenvalue weighted by molar-refractivity contribution is 0.0413. The Balaban J connectivity index is 1.51. The van der Waals surface area contributed by atoms with Crippen LogP contribution in [0.3, 0.4) is 0 Å². The lowest BCUT2D eigenvalue weighted by Crippen LogP contribution is -2.39. The molecule has 2 aromatic heterocycles. The number of anilines is 2. The summed E-state index contributed by atoms with van der Waals surface area (Å²) in [4.78, 5) is 15.3. The van der Waals surface area contributed by atoms with Crippen LogP contribution in [-0.2, 0) is 11.3 Å². The Hall–Kier alpha value is -3.18. The van der Waals surface area contributed by atoms with Gasteiger partial charge in [0.05, 0.1) is 19.9 Å². The van der Waals surface area contributed by atoms with E-state index in [1.807, 2.05) is 0 Å². The van der Waals surface area contributed by atoms with Crippen molar-refractivity contribution in [2.45, 2.75) is 6.54 Å². The largest absolute Gasteiger partial charge is 0.379 e. The van der Waals surface area contributed by atoms with Crippen molar-refractivity contribution in [1.29, 1.82) is 0 Å². The van der Waals surface area contributed by atoms with E-state index in [0.717, 1.165) is 19.2 Å². The van der Waals surface area contributed by atoms with Gasteiger partial charge in [-0.1, -0.05) is 0 Å². The fourth-order valence-corrected chi connectivity index (χ4v) is 2.85. The van der Waals surface area contributed by atoms with Gasteiger partial charge in [-0.05, 0) is 23.8 Å². The second-order valence-corrected chi connectivity index (χ2v) is 6.43. The minimum absolute atomic E-state index is 0.153. The van der Waals surface area contributed by atoms with Gasteiger partial charge in [-0.3, -0.25) is 4.90 Å². The molecule has 1 fully saturated rings. The molecule has 1 aliphatic heterocycles. The van der Waals surface area contributed by atoms with E-state index in [1.54, 1.807) is 18.5 Å². The first-order chi connectivity index (χ1) is 14.2. The maximum absolute atomic E-state index is 13.4. The second kappa shape index (κ2) is 8.88. The third-order valence-corrected chi connectivity index (χ3v) is 4.27. The minimum Gasteiger partial charge on any atom is -0.379 e. The Morgan fingerprint density at radius 1 is 0.966 bits per heavy atom. The Labute approximate surface area is 165 Å². The highest BCUT2D eigenvalue weighted by Gasteiger charge is 2.13. The zero-order valence-corrected chi connectivity index (χ0v) is 15.6. The van der Waals surface area contributed by atoms with Crippen molar-refractivity contribution in [3.8, 4) is 5.95 Å².